The van der Waals surface area contributed by atoms with Gasteiger partial charge in [0.2, 0.25) is 11.6 Å². The van der Waals surface area contributed by atoms with Gasteiger partial charge in [-0.25, -0.2) is 14.2 Å². The third-order valence-electron chi connectivity index (χ3n) is 7.52. The number of rotatable bonds is 12. The van der Waals surface area contributed by atoms with Gasteiger partial charge < -0.3 is 18.9 Å². The lowest BCUT2D eigenvalue weighted by atomic mass is 10.1. The van der Waals surface area contributed by atoms with Gasteiger partial charge in [0, 0.05) is 34.2 Å². The van der Waals surface area contributed by atoms with Crippen LogP contribution in [0.5, 0.6) is 28.9 Å². The summed E-state index contributed by atoms with van der Waals surface area (Å²) in [5.41, 5.74) is 2.14. The molecule has 0 amide bonds. The average Bonchev–Trinajstić information content (AvgIpc) is 3.57. The van der Waals surface area contributed by atoms with E-state index in [-0.39, 0.29) is 36.0 Å². The maximum Gasteiger partial charge on any atom is 0.338 e. The summed E-state index contributed by atoms with van der Waals surface area (Å²) in [5, 5.41) is 9.47. The minimum atomic E-state index is -1.18. The van der Waals surface area contributed by atoms with E-state index in [1.807, 2.05) is 66.5 Å². The first-order valence-corrected chi connectivity index (χ1v) is 16.4. The predicted molar refractivity (Wildman–Crippen MR) is 183 cm³/mol. The SMILES string of the molecule is CCOC(=O)c1ccc(Sc2ccc(Oc3c(F)cnc(Oc4cc(C#N)ccc4OCc4ccccc4)c3F)c(C3N=CCN3C)c2)cc1. The smallest absolute Gasteiger partial charge is 0.338 e. The number of esters is 1. The second-order valence-corrected chi connectivity index (χ2v) is 12.1. The Bertz CT molecular complexity index is 2070. The number of pyridine rings is 1. The minimum absolute atomic E-state index is 0.0169. The molecule has 0 saturated carbocycles. The fraction of sp³-hybridized carbons (Fsp3) is 0.158. The zero-order chi connectivity index (χ0) is 35.0. The lowest BCUT2D eigenvalue weighted by molar-refractivity contribution is 0.0526. The molecule has 1 atom stereocenters. The molecular weight excluding hydrogens is 663 g/mol. The molecule has 4 aromatic carbocycles. The highest BCUT2D eigenvalue weighted by atomic mass is 32.2. The summed E-state index contributed by atoms with van der Waals surface area (Å²) in [6, 6.07) is 28.1. The average molecular weight is 693 g/mol. The van der Waals surface area contributed by atoms with E-state index in [1.54, 1.807) is 43.5 Å². The molecule has 50 heavy (non-hydrogen) atoms. The van der Waals surface area contributed by atoms with Gasteiger partial charge in [0.1, 0.15) is 18.5 Å². The van der Waals surface area contributed by atoms with E-state index in [1.165, 1.54) is 23.9 Å². The van der Waals surface area contributed by atoms with E-state index in [0.717, 1.165) is 21.6 Å². The highest BCUT2D eigenvalue weighted by molar-refractivity contribution is 7.99. The fourth-order valence-corrected chi connectivity index (χ4v) is 5.89. The van der Waals surface area contributed by atoms with Crippen LogP contribution < -0.4 is 14.2 Å². The molecule has 252 valence electrons. The van der Waals surface area contributed by atoms with Crippen molar-refractivity contribution in [1.82, 2.24) is 9.88 Å². The van der Waals surface area contributed by atoms with E-state index in [4.69, 9.17) is 18.9 Å². The van der Waals surface area contributed by atoms with Crippen LogP contribution in [-0.4, -0.2) is 42.3 Å². The summed E-state index contributed by atoms with van der Waals surface area (Å²) in [6.45, 7) is 2.79. The molecule has 2 heterocycles. The number of carbonyl (C=O) groups is 1. The Hall–Kier alpha value is -5.77. The molecule has 6 rings (SSSR count). The molecule has 0 aliphatic carbocycles. The maximum atomic E-state index is 16.0. The van der Waals surface area contributed by atoms with Gasteiger partial charge in [-0.3, -0.25) is 9.89 Å². The van der Waals surface area contributed by atoms with Gasteiger partial charge in [0.05, 0.1) is 30.0 Å². The second-order valence-electron chi connectivity index (χ2n) is 11.0. The van der Waals surface area contributed by atoms with Gasteiger partial charge in [-0.1, -0.05) is 42.1 Å². The Morgan fingerprint density at radius 3 is 2.44 bits per heavy atom. The first-order chi connectivity index (χ1) is 24.3. The lowest BCUT2D eigenvalue weighted by Crippen LogP contribution is -2.19. The molecule has 1 aromatic heterocycles. The van der Waals surface area contributed by atoms with Crippen LogP contribution in [0.4, 0.5) is 8.78 Å². The Balaban J connectivity index is 1.28. The van der Waals surface area contributed by atoms with Crippen molar-refractivity contribution in [2.45, 2.75) is 29.5 Å². The Kier molecular flexibility index (Phi) is 10.7. The van der Waals surface area contributed by atoms with Crippen molar-refractivity contribution >= 4 is 23.9 Å². The van der Waals surface area contributed by atoms with Crippen LogP contribution in [0.15, 0.2) is 112 Å². The van der Waals surface area contributed by atoms with Crippen molar-refractivity contribution in [3.05, 3.63) is 131 Å². The molecular formula is C38H30F2N4O5S. The van der Waals surface area contributed by atoms with E-state index in [9.17, 15) is 10.1 Å². The largest absolute Gasteiger partial charge is 0.485 e. The van der Waals surface area contributed by atoms with E-state index < -0.39 is 35.4 Å². The highest BCUT2D eigenvalue weighted by Gasteiger charge is 2.27. The Labute approximate surface area is 291 Å². The first kappa shape index (κ1) is 34.1. The normalized spacial score (nSPS) is 13.9. The van der Waals surface area contributed by atoms with Gasteiger partial charge in [-0.15, -0.1) is 0 Å². The highest BCUT2D eigenvalue weighted by Crippen LogP contribution is 2.42. The second kappa shape index (κ2) is 15.6. The van der Waals surface area contributed by atoms with Crippen molar-refractivity contribution < 1.29 is 32.5 Å². The molecule has 1 unspecified atom stereocenters. The fourth-order valence-electron chi connectivity index (χ4n) is 5.02. The quantitative estimate of drug-likeness (QED) is 0.119. The minimum Gasteiger partial charge on any atom is -0.485 e. The zero-order valence-corrected chi connectivity index (χ0v) is 27.8. The van der Waals surface area contributed by atoms with Gasteiger partial charge in [0.15, 0.2) is 17.3 Å². The molecule has 0 radical (unpaired) electrons. The number of hydrogen-bond acceptors (Lipinski definition) is 10. The molecule has 1 aliphatic heterocycles. The number of hydrogen-bond donors (Lipinski definition) is 0. The van der Waals surface area contributed by atoms with E-state index in [2.05, 4.69) is 9.98 Å². The van der Waals surface area contributed by atoms with Crippen molar-refractivity contribution in [2.75, 3.05) is 20.2 Å². The van der Waals surface area contributed by atoms with Crippen LogP contribution in [0.1, 0.15) is 40.1 Å². The summed E-state index contributed by atoms with van der Waals surface area (Å²) < 4.78 is 54.0. The van der Waals surface area contributed by atoms with Crippen molar-refractivity contribution in [2.24, 2.45) is 4.99 Å². The van der Waals surface area contributed by atoms with Crippen molar-refractivity contribution in [3.63, 3.8) is 0 Å². The number of nitrogens with zero attached hydrogens (tertiary/aromatic N) is 4. The summed E-state index contributed by atoms with van der Waals surface area (Å²) in [7, 11) is 1.88. The van der Waals surface area contributed by atoms with Crippen molar-refractivity contribution in [3.8, 4) is 34.9 Å². The van der Waals surface area contributed by atoms with Crippen LogP contribution in [0.2, 0.25) is 0 Å². The first-order valence-electron chi connectivity index (χ1n) is 15.5. The number of aliphatic imine (C=N–C) groups is 1. The number of ether oxygens (including phenoxy) is 4. The van der Waals surface area contributed by atoms with Crippen LogP contribution in [0.25, 0.3) is 0 Å². The van der Waals surface area contributed by atoms with Crippen LogP contribution in [0.3, 0.4) is 0 Å². The Morgan fingerprint density at radius 1 is 0.960 bits per heavy atom. The third-order valence-corrected chi connectivity index (χ3v) is 8.52. The molecule has 1 aliphatic rings. The predicted octanol–water partition coefficient (Wildman–Crippen LogP) is 8.74. The molecule has 9 nitrogen and oxygen atoms in total. The molecule has 5 aromatic rings. The summed E-state index contributed by atoms with van der Waals surface area (Å²) in [6.07, 6.45) is 2.09. The molecule has 0 bridgehead atoms. The van der Waals surface area contributed by atoms with Gasteiger partial charge in [-0.05, 0) is 74.1 Å². The molecule has 0 fully saturated rings. The molecule has 0 spiro atoms. The number of nitriles is 1. The topological polar surface area (TPSA) is 106 Å². The number of halogens is 2. The number of carbonyl (C=O) groups excluding carboxylic acids is 1. The zero-order valence-electron chi connectivity index (χ0n) is 27.0. The summed E-state index contributed by atoms with van der Waals surface area (Å²) in [4.78, 5) is 24.1. The van der Waals surface area contributed by atoms with Gasteiger partial charge >= 0.3 is 5.97 Å². The standard InChI is InChI=1S/C38H30F2N4O5S/c1-3-46-38(45)26-10-12-27(13-11-26)50-28-14-16-31(29(20-28)36-42-17-18-44(36)2)48-35-30(39)22-43-37(34(35)40)49-33-19-25(21-41)9-15-32(33)47-23-24-7-5-4-6-8-24/h4-17,19-20,22,36H,3,18,23H2,1-2H3. The van der Waals surface area contributed by atoms with Gasteiger partial charge in [-0.2, -0.15) is 9.65 Å². The molecule has 12 heteroatoms. The van der Waals surface area contributed by atoms with Gasteiger partial charge in [0.25, 0.3) is 5.88 Å². The number of aromatic nitrogens is 1. The van der Waals surface area contributed by atoms with Crippen LogP contribution >= 0.6 is 11.8 Å². The monoisotopic (exact) mass is 692 g/mol. The Morgan fingerprint density at radius 2 is 1.72 bits per heavy atom. The van der Waals surface area contributed by atoms with E-state index in [0.29, 0.717) is 17.7 Å². The number of benzene rings is 4. The third kappa shape index (κ3) is 7.92. The summed E-state index contributed by atoms with van der Waals surface area (Å²) in [5.74, 6) is -3.50. The van der Waals surface area contributed by atoms with Crippen LogP contribution in [0, 0.1) is 23.0 Å². The van der Waals surface area contributed by atoms with Crippen LogP contribution in [-0.2, 0) is 11.3 Å². The summed E-state index contributed by atoms with van der Waals surface area (Å²) >= 11 is 1.44. The molecule has 0 saturated heterocycles. The maximum absolute atomic E-state index is 16.0. The molecule has 0 N–H and O–H groups in total. The lowest BCUT2D eigenvalue weighted by Gasteiger charge is -2.22. The van der Waals surface area contributed by atoms with E-state index >= 15 is 8.78 Å². The van der Waals surface area contributed by atoms with Crippen molar-refractivity contribution in [1.29, 1.82) is 5.26 Å².